The molecule has 3 nitrogen and oxygen atoms in total. The van der Waals surface area contributed by atoms with E-state index in [4.69, 9.17) is 5.73 Å². The van der Waals surface area contributed by atoms with E-state index in [2.05, 4.69) is 5.32 Å². The van der Waals surface area contributed by atoms with Crippen LogP contribution in [0.25, 0.3) is 0 Å². The average Bonchev–Trinajstić information content (AvgIpc) is 2.47. The van der Waals surface area contributed by atoms with Gasteiger partial charge in [-0.3, -0.25) is 4.79 Å². The van der Waals surface area contributed by atoms with Crippen LogP contribution in [-0.4, -0.2) is 18.5 Å². The number of nitrogens with two attached hydrogens (primary N) is 1. The number of halogens is 1. The third-order valence-electron chi connectivity index (χ3n) is 3.92. The molecule has 112 valence electrons. The van der Waals surface area contributed by atoms with Gasteiger partial charge in [-0.05, 0) is 30.7 Å². The summed E-state index contributed by atoms with van der Waals surface area (Å²) >= 11 is 0. The first-order valence-electron chi connectivity index (χ1n) is 7.33. The molecular weight excluding hydrogens is 272 g/mol. The van der Waals surface area contributed by atoms with Crippen molar-refractivity contribution in [3.8, 4) is 0 Å². The Bertz CT molecular complexity index is 391. The fraction of sp³-hybridized carbons (Fsp3) is 0.562. The highest BCUT2D eigenvalue weighted by Crippen LogP contribution is 2.22. The van der Waals surface area contributed by atoms with Gasteiger partial charge in [0.05, 0.1) is 6.04 Å². The third kappa shape index (κ3) is 5.51. The van der Waals surface area contributed by atoms with E-state index >= 15 is 0 Å². The molecule has 0 aromatic heterocycles. The predicted octanol–water partition coefficient (Wildman–Crippen LogP) is 2.67. The Morgan fingerprint density at radius 2 is 1.85 bits per heavy atom. The van der Waals surface area contributed by atoms with E-state index in [1.54, 1.807) is 0 Å². The van der Waals surface area contributed by atoms with E-state index in [1.165, 1.54) is 32.1 Å². The zero-order valence-corrected chi connectivity index (χ0v) is 12.7. The average molecular weight is 297 g/mol. The fourth-order valence-electron chi connectivity index (χ4n) is 2.73. The number of rotatable bonds is 5. The first kappa shape index (κ1) is 17.0. The topological polar surface area (TPSA) is 55.1 Å². The van der Waals surface area contributed by atoms with Crippen molar-refractivity contribution in [3.63, 3.8) is 0 Å². The van der Waals surface area contributed by atoms with Gasteiger partial charge in [-0.2, -0.15) is 0 Å². The molecular formula is C16H25ClN2O. The van der Waals surface area contributed by atoms with Gasteiger partial charge < -0.3 is 11.1 Å². The van der Waals surface area contributed by atoms with Crippen LogP contribution in [0.3, 0.4) is 0 Å². The molecule has 1 amide bonds. The van der Waals surface area contributed by atoms with E-state index in [0.29, 0.717) is 12.3 Å². The third-order valence-corrected chi connectivity index (χ3v) is 3.92. The quantitative estimate of drug-likeness (QED) is 0.878. The van der Waals surface area contributed by atoms with Gasteiger partial charge in [0.1, 0.15) is 0 Å². The van der Waals surface area contributed by atoms with Gasteiger partial charge in [0.25, 0.3) is 0 Å². The molecule has 2 rings (SSSR count). The normalized spacial score (nSPS) is 17.1. The van der Waals surface area contributed by atoms with Crippen molar-refractivity contribution in [2.24, 2.45) is 11.7 Å². The lowest BCUT2D eigenvalue weighted by molar-refractivity contribution is -0.122. The van der Waals surface area contributed by atoms with Gasteiger partial charge in [0, 0.05) is 6.54 Å². The molecule has 0 unspecified atom stereocenters. The zero-order chi connectivity index (χ0) is 13.5. The number of carbonyl (C=O) groups is 1. The van der Waals surface area contributed by atoms with Crippen molar-refractivity contribution in [3.05, 3.63) is 35.9 Å². The lowest BCUT2D eigenvalue weighted by Crippen LogP contribution is -2.43. The van der Waals surface area contributed by atoms with Crippen LogP contribution in [0, 0.1) is 5.92 Å². The maximum Gasteiger partial charge on any atom is 0.237 e. The number of nitrogens with one attached hydrogen (secondary N) is 1. The van der Waals surface area contributed by atoms with Gasteiger partial charge in [-0.15, -0.1) is 12.4 Å². The summed E-state index contributed by atoms with van der Waals surface area (Å²) in [5.41, 5.74) is 7.07. The van der Waals surface area contributed by atoms with Crippen molar-refractivity contribution < 1.29 is 4.79 Å². The molecule has 4 heteroatoms. The minimum Gasteiger partial charge on any atom is -0.354 e. The van der Waals surface area contributed by atoms with E-state index in [9.17, 15) is 4.79 Å². The predicted molar refractivity (Wildman–Crippen MR) is 85.0 cm³/mol. The van der Waals surface area contributed by atoms with E-state index in [-0.39, 0.29) is 18.3 Å². The van der Waals surface area contributed by atoms with Gasteiger partial charge in [0.15, 0.2) is 0 Å². The highest BCUT2D eigenvalue weighted by Gasteiger charge is 2.17. The minimum absolute atomic E-state index is 0. The van der Waals surface area contributed by atoms with Crippen LogP contribution < -0.4 is 11.1 Å². The summed E-state index contributed by atoms with van der Waals surface area (Å²) in [4.78, 5) is 12.0. The number of hydrogen-bond acceptors (Lipinski definition) is 2. The Hall–Kier alpha value is -1.06. The van der Waals surface area contributed by atoms with Crippen LogP contribution in [0.1, 0.15) is 37.7 Å². The monoisotopic (exact) mass is 296 g/mol. The Balaban J connectivity index is 0.00000200. The molecule has 3 N–H and O–H groups in total. The van der Waals surface area contributed by atoms with Crippen LogP contribution >= 0.6 is 12.4 Å². The standard InChI is InChI=1S/C16H24N2O.ClH/c17-15(11-13-7-3-1-4-8-13)16(19)18-12-14-9-5-2-6-10-14;/h1,3-4,7-8,14-15H,2,5-6,9-12,17H2,(H,18,19);1H/t15-;/m0./s1. The molecule has 1 aliphatic carbocycles. The zero-order valence-electron chi connectivity index (χ0n) is 11.9. The summed E-state index contributed by atoms with van der Waals surface area (Å²) in [6, 6.07) is 9.50. The molecule has 0 heterocycles. The largest absolute Gasteiger partial charge is 0.354 e. The summed E-state index contributed by atoms with van der Waals surface area (Å²) in [6.07, 6.45) is 7.05. The Morgan fingerprint density at radius 3 is 2.50 bits per heavy atom. The molecule has 20 heavy (non-hydrogen) atoms. The summed E-state index contributed by atoms with van der Waals surface area (Å²) < 4.78 is 0. The second-order valence-corrected chi connectivity index (χ2v) is 5.55. The molecule has 1 aliphatic rings. The highest BCUT2D eigenvalue weighted by molar-refractivity contribution is 5.85. The highest BCUT2D eigenvalue weighted by atomic mass is 35.5. The van der Waals surface area contributed by atoms with Crippen LogP contribution in [0.4, 0.5) is 0 Å². The fourth-order valence-corrected chi connectivity index (χ4v) is 2.73. The Kier molecular flexibility index (Phi) is 7.63. The second kappa shape index (κ2) is 8.98. The Labute approximate surface area is 127 Å². The molecule has 0 aliphatic heterocycles. The SMILES string of the molecule is Cl.N[C@@H](Cc1ccccc1)C(=O)NCC1CCCCC1. The van der Waals surface area contributed by atoms with Crippen LogP contribution in [0.5, 0.6) is 0 Å². The molecule has 1 fully saturated rings. The molecule has 1 aromatic carbocycles. The summed E-state index contributed by atoms with van der Waals surface area (Å²) in [5.74, 6) is 0.635. The minimum atomic E-state index is -0.439. The lowest BCUT2D eigenvalue weighted by Gasteiger charge is -2.22. The van der Waals surface area contributed by atoms with Crippen LogP contribution in [-0.2, 0) is 11.2 Å². The van der Waals surface area contributed by atoms with Gasteiger partial charge in [-0.1, -0.05) is 49.6 Å². The van der Waals surface area contributed by atoms with Crippen molar-refractivity contribution >= 4 is 18.3 Å². The van der Waals surface area contributed by atoms with Gasteiger partial charge in [-0.25, -0.2) is 0 Å². The van der Waals surface area contributed by atoms with Crippen molar-refractivity contribution in [2.45, 2.75) is 44.6 Å². The first-order chi connectivity index (χ1) is 9.25. The number of amides is 1. The molecule has 1 aromatic rings. The van der Waals surface area contributed by atoms with Crippen molar-refractivity contribution in [1.82, 2.24) is 5.32 Å². The maximum absolute atomic E-state index is 12.0. The molecule has 0 saturated heterocycles. The van der Waals surface area contributed by atoms with E-state index in [0.717, 1.165) is 12.1 Å². The van der Waals surface area contributed by atoms with Gasteiger partial charge in [0.2, 0.25) is 5.91 Å². The summed E-state index contributed by atoms with van der Waals surface area (Å²) in [7, 11) is 0. The van der Waals surface area contributed by atoms with Gasteiger partial charge >= 0.3 is 0 Å². The lowest BCUT2D eigenvalue weighted by atomic mass is 9.89. The number of benzene rings is 1. The van der Waals surface area contributed by atoms with Crippen molar-refractivity contribution in [2.75, 3.05) is 6.54 Å². The first-order valence-corrected chi connectivity index (χ1v) is 7.33. The van der Waals surface area contributed by atoms with E-state index in [1.807, 2.05) is 30.3 Å². The second-order valence-electron chi connectivity index (χ2n) is 5.55. The van der Waals surface area contributed by atoms with Crippen LogP contribution in [0.2, 0.25) is 0 Å². The smallest absolute Gasteiger partial charge is 0.237 e. The maximum atomic E-state index is 12.0. The number of carbonyl (C=O) groups excluding carboxylic acids is 1. The van der Waals surface area contributed by atoms with E-state index < -0.39 is 6.04 Å². The molecule has 1 atom stereocenters. The molecule has 0 spiro atoms. The summed E-state index contributed by atoms with van der Waals surface area (Å²) in [6.45, 7) is 0.793. The van der Waals surface area contributed by atoms with Crippen molar-refractivity contribution in [1.29, 1.82) is 0 Å². The number of hydrogen-bond donors (Lipinski definition) is 2. The summed E-state index contributed by atoms with van der Waals surface area (Å²) in [5, 5.41) is 3.01. The molecule has 0 bridgehead atoms. The molecule has 0 radical (unpaired) electrons. The molecule has 1 saturated carbocycles. The van der Waals surface area contributed by atoms with Crippen LogP contribution in [0.15, 0.2) is 30.3 Å². The Morgan fingerprint density at radius 1 is 1.20 bits per heavy atom.